The van der Waals surface area contributed by atoms with Crippen molar-refractivity contribution >= 4 is 0 Å². The molecular formula is C16H24N4O2. The Morgan fingerprint density at radius 1 is 1.09 bits per heavy atom. The van der Waals surface area contributed by atoms with Crippen LogP contribution in [0.1, 0.15) is 58.1 Å². The molecule has 0 aromatic heterocycles. The molecule has 2 rings (SSSR count). The monoisotopic (exact) mass is 304 g/mol. The number of unbranched alkanes of at least 4 members (excludes halogenated alkanes) is 4. The summed E-state index contributed by atoms with van der Waals surface area (Å²) in [4.78, 5) is 27.4. The van der Waals surface area contributed by atoms with Gasteiger partial charge in [0, 0.05) is 12.2 Å². The van der Waals surface area contributed by atoms with E-state index in [1.165, 1.54) is 6.20 Å². The highest BCUT2D eigenvalue weighted by Gasteiger charge is 2.19. The number of aryl methyl sites for hydroxylation is 1. The molecule has 0 aromatic rings. The van der Waals surface area contributed by atoms with Gasteiger partial charge in [0.05, 0.1) is 17.5 Å². The van der Waals surface area contributed by atoms with Crippen molar-refractivity contribution in [3.8, 4) is 11.3 Å². The fourth-order valence-electron chi connectivity index (χ4n) is 2.70. The summed E-state index contributed by atoms with van der Waals surface area (Å²) in [7, 11) is 0. The molecule has 120 valence electrons. The Morgan fingerprint density at radius 2 is 1.82 bits per heavy atom. The number of rotatable bonds is 8. The fraction of sp³-hybridized carbons (Fsp3) is 0.625. The zero-order chi connectivity index (χ0) is 15.9. The molecular weight excluding hydrogens is 280 g/mol. The van der Waals surface area contributed by atoms with Crippen LogP contribution in [0, 0.1) is 0 Å². The van der Waals surface area contributed by atoms with Gasteiger partial charge < -0.3 is 4.98 Å². The maximum atomic E-state index is 12.3. The summed E-state index contributed by atoms with van der Waals surface area (Å²) in [5.41, 5.74) is 1.29. The number of nitrogens with one attached hydrogen (secondary N) is 1. The number of aromatic amines is 1. The lowest BCUT2D eigenvalue weighted by atomic mass is 10.1. The van der Waals surface area contributed by atoms with E-state index in [9.17, 15) is 9.59 Å². The van der Waals surface area contributed by atoms with Crippen molar-refractivity contribution < 1.29 is 0 Å². The van der Waals surface area contributed by atoms with Crippen LogP contribution in [0.25, 0.3) is 11.3 Å². The number of aromatic nitrogens is 4. The third kappa shape index (κ3) is 3.61. The van der Waals surface area contributed by atoms with Crippen molar-refractivity contribution in [2.24, 2.45) is 0 Å². The van der Waals surface area contributed by atoms with Crippen molar-refractivity contribution in [3.05, 3.63) is 32.7 Å². The Bertz CT molecular complexity index is 690. The molecule has 0 saturated carbocycles. The zero-order valence-electron chi connectivity index (χ0n) is 13.4. The summed E-state index contributed by atoms with van der Waals surface area (Å²) in [6, 6.07) is 0. The Morgan fingerprint density at radius 3 is 2.55 bits per heavy atom. The third-order valence-corrected chi connectivity index (χ3v) is 3.91. The number of hydrogen-bond acceptors (Lipinski definition) is 4. The van der Waals surface area contributed by atoms with Gasteiger partial charge in [-0.3, -0.25) is 9.36 Å². The molecule has 0 unspecified atom stereocenters. The van der Waals surface area contributed by atoms with Gasteiger partial charge in [0.25, 0.3) is 5.56 Å². The predicted molar refractivity (Wildman–Crippen MR) is 86.3 cm³/mol. The molecule has 0 radical (unpaired) electrons. The standard InChI is InChI=1S/C16H24N4O2/c1-3-5-7-9-12-14-13(11-17-19-15(14)21)20(16(22)18-12)10-8-6-4-2/h11H,3-10H2,1-2H3,(H,18,22). The molecule has 0 fully saturated rings. The molecule has 2 heterocycles. The number of fused-ring (bicyclic) bond motifs is 1. The number of nitrogens with zero attached hydrogens (tertiary/aromatic N) is 3. The van der Waals surface area contributed by atoms with Crippen molar-refractivity contribution in [1.29, 1.82) is 0 Å². The molecule has 2 aliphatic rings. The van der Waals surface area contributed by atoms with E-state index in [-0.39, 0.29) is 11.2 Å². The SMILES string of the molecule is CCCCCc1[nH]c(=O)n(CCCCC)c2cnnc(=O)c1-2. The predicted octanol–water partition coefficient (Wildman–Crippen LogP) is 2.35. The second-order valence-corrected chi connectivity index (χ2v) is 5.63. The van der Waals surface area contributed by atoms with E-state index in [4.69, 9.17) is 0 Å². The quantitative estimate of drug-likeness (QED) is 0.759. The Labute approximate surface area is 129 Å². The van der Waals surface area contributed by atoms with Gasteiger partial charge in [-0.2, -0.15) is 5.10 Å². The summed E-state index contributed by atoms with van der Waals surface area (Å²) >= 11 is 0. The molecule has 0 aromatic carbocycles. The van der Waals surface area contributed by atoms with Crippen LogP contribution in [0.15, 0.2) is 15.8 Å². The third-order valence-electron chi connectivity index (χ3n) is 3.91. The largest absolute Gasteiger partial charge is 0.326 e. The van der Waals surface area contributed by atoms with Gasteiger partial charge in [-0.25, -0.2) is 4.79 Å². The van der Waals surface area contributed by atoms with Gasteiger partial charge in [-0.15, -0.1) is 5.10 Å². The van der Waals surface area contributed by atoms with Gasteiger partial charge in [0.2, 0.25) is 0 Å². The maximum absolute atomic E-state index is 12.3. The second kappa shape index (κ2) is 7.87. The highest BCUT2D eigenvalue weighted by molar-refractivity contribution is 5.60. The number of hydrogen-bond donors (Lipinski definition) is 1. The van der Waals surface area contributed by atoms with Gasteiger partial charge in [-0.05, 0) is 19.3 Å². The second-order valence-electron chi connectivity index (χ2n) is 5.63. The normalized spacial score (nSPS) is 11.2. The van der Waals surface area contributed by atoms with E-state index in [2.05, 4.69) is 29.0 Å². The molecule has 0 spiro atoms. The molecule has 0 saturated heterocycles. The summed E-state index contributed by atoms with van der Waals surface area (Å²) in [5.74, 6) is 0. The molecule has 0 bridgehead atoms. The molecule has 1 N–H and O–H groups in total. The Hall–Kier alpha value is -1.98. The van der Waals surface area contributed by atoms with Crippen molar-refractivity contribution in [3.63, 3.8) is 0 Å². The lowest BCUT2D eigenvalue weighted by Gasteiger charge is -2.16. The first-order chi connectivity index (χ1) is 10.7. The minimum Gasteiger partial charge on any atom is -0.310 e. The smallest absolute Gasteiger partial charge is 0.310 e. The lowest BCUT2D eigenvalue weighted by molar-refractivity contribution is 0.573. The van der Waals surface area contributed by atoms with Crippen LogP contribution >= 0.6 is 0 Å². The van der Waals surface area contributed by atoms with Crippen LogP contribution in [-0.4, -0.2) is 19.7 Å². The van der Waals surface area contributed by atoms with E-state index in [1.54, 1.807) is 4.57 Å². The van der Waals surface area contributed by atoms with E-state index in [0.29, 0.717) is 29.9 Å². The molecule has 6 nitrogen and oxygen atoms in total. The zero-order valence-corrected chi connectivity index (χ0v) is 13.4. The molecule has 22 heavy (non-hydrogen) atoms. The number of H-pyrrole nitrogens is 1. The summed E-state index contributed by atoms with van der Waals surface area (Å²) in [5, 5.41) is 7.37. The van der Waals surface area contributed by atoms with Crippen molar-refractivity contribution in [2.75, 3.05) is 0 Å². The van der Waals surface area contributed by atoms with E-state index < -0.39 is 0 Å². The Balaban J connectivity index is 2.43. The molecule has 6 heteroatoms. The van der Waals surface area contributed by atoms with Crippen LogP contribution in [0.5, 0.6) is 0 Å². The van der Waals surface area contributed by atoms with Crippen molar-refractivity contribution in [1.82, 2.24) is 19.7 Å². The molecule has 0 amide bonds. The van der Waals surface area contributed by atoms with Gasteiger partial charge in [-0.1, -0.05) is 39.5 Å². The summed E-state index contributed by atoms with van der Waals surface area (Å²) in [6.07, 6.45) is 8.37. The lowest BCUT2D eigenvalue weighted by Crippen LogP contribution is -2.31. The van der Waals surface area contributed by atoms with E-state index in [0.717, 1.165) is 38.5 Å². The van der Waals surface area contributed by atoms with Gasteiger partial charge in [0.15, 0.2) is 0 Å². The highest BCUT2D eigenvalue weighted by Crippen LogP contribution is 2.19. The minimum atomic E-state index is -0.357. The van der Waals surface area contributed by atoms with Gasteiger partial charge >= 0.3 is 5.69 Å². The maximum Gasteiger partial charge on any atom is 0.326 e. The summed E-state index contributed by atoms with van der Waals surface area (Å²) < 4.78 is 1.62. The first-order valence-electron chi connectivity index (χ1n) is 8.16. The van der Waals surface area contributed by atoms with Crippen LogP contribution in [0.2, 0.25) is 0 Å². The topological polar surface area (TPSA) is 80.6 Å². The van der Waals surface area contributed by atoms with Gasteiger partial charge in [0.1, 0.15) is 0 Å². The molecule has 0 aliphatic carbocycles. The first kappa shape index (κ1) is 16.4. The van der Waals surface area contributed by atoms with E-state index in [1.807, 2.05) is 0 Å². The fourth-order valence-corrected chi connectivity index (χ4v) is 2.70. The average molecular weight is 304 g/mol. The Kier molecular flexibility index (Phi) is 5.86. The first-order valence-corrected chi connectivity index (χ1v) is 8.16. The minimum absolute atomic E-state index is 0.164. The average Bonchev–Trinajstić information content (AvgIpc) is 2.50. The molecule has 2 aliphatic heterocycles. The van der Waals surface area contributed by atoms with E-state index >= 15 is 0 Å². The van der Waals surface area contributed by atoms with Crippen molar-refractivity contribution in [2.45, 2.75) is 65.3 Å². The van der Waals surface area contributed by atoms with Crippen LogP contribution in [-0.2, 0) is 13.0 Å². The highest BCUT2D eigenvalue weighted by atomic mass is 16.1. The van der Waals surface area contributed by atoms with Crippen LogP contribution in [0.4, 0.5) is 0 Å². The molecule has 0 atom stereocenters. The van der Waals surface area contributed by atoms with Crippen LogP contribution in [0.3, 0.4) is 0 Å². The van der Waals surface area contributed by atoms with Crippen LogP contribution < -0.4 is 11.2 Å². The summed E-state index contributed by atoms with van der Waals surface area (Å²) in [6.45, 7) is 4.84.